The number of nitrogens with one attached hydrogen (secondary N) is 1. The molecule has 2 amide bonds. The Hall–Kier alpha value is -2.77. The summed E-state index contributed by atoms with van der Waals surface area (Å²) >= 11 is 0. The van der Waals surface area contributed by atoms with Gasteiger partial charge >= 0.3 is 18.2 Å². The first-order chi connectivity index (χ1) is 12.7. The number of hydrogen-bond acceptors (Lipinski definition) is 5. The Labute approximate surface area is 158 Å². The van der Waals surface area contributed by atoms with Crippen molar-refractivity contribution in [3.8, 4) is 0 Å². The van der Waals surface area contributed by atoms with Gasteiger partial charge in [0.2, 0.25) is 0 Å². The summed E-state index contributed by atoms with van der Waals surface area (Å²) < 4.78 is 10.4. The highest BCUT2D eigenvalue weighted by molar-refractivity contribution is 5.80. The molecule has 1 aliphatic heterocycles. The van der Waals surface area contributed by atoms with Crippen molar-refractivity contribution >= 4 is 18.2 Å². The standard InChI is InChI=1S/C19H26N2O6/c1-19(2,3)27-18(25)21-10-9-14(11-21)15(16(22)23)20-17(24)26-12-13-7-5-4-6-8-13/h4-8,14-15H,9-12H2,1-3H3,(H,20,24)(H,22,23). The average Bonchev–Trinajstić information content (AvgIpc) is 3.07. The normalized spacial score (nSPS) is 17.9. The largest absolute Gasteiger partial charge is 0.480 e. The summed E-state index contributed by atoms with van der Waals surface area (Å²) in [6.07, 6.45) is -0.836. The molecule has 0 bridgehead atoms. The van der Waals surface area contributed by atoms with Gasteiger partial charge in [0.05, 0.1) is 0 Å². The summed E-state index contributed by atoms with van der Waals surface area (Å²) in [5.41, 5.74) is 0.178. The van der Waals surface area contributed by atoms with Crippen molar-refractivity contribution in [1.82, 2.24) is 10.2 Å². The third-order valence-corrected chi connectivity index (χ3v) is 4.10. The number of carboxylic acid groups (broad SMARTS) is 1. The zero-order chi connectivity index (χ0) is 20.0. The Kier molecular flexibility index (Phi) is 6.65. The van der Waals surface area contributed by atoms with Gasteiger partial charge in [-0.1, -0.05) is 30.3 Å². The van der Waals surface area contributed by atoms with Crippen LogP contribution in [0.1, 0.15) is 32.8 Å². The maximum Gasteiger partial charge on any atom is 0.410 e. The molecule has 0 radical (unpaired) electrons. The van der Waals surface area contributed by atoms with Crippen molar-refractivity contribution in [3.63, 3.8) is 0 Å². The number of rotatable bonds is 5. The smallest absolute Gasteiger partial charge is 0.410 e. The molecule has 148 valence electrons. The number of alkyl carbamates (subject to hydrolysis) is 1. The van der Waals surface area contributed by atoms with E-state index < -0.39 is 35.7 Å². The number of aliphatic carboxylic acids is 1. The highest BCUT2D eigenvalue weighted by Gasteiger charge is 2.38. The molecule has 2 unspecified atom stereocenters. The molecule has 1 saturated heterocycles. The Morgan fingerprint density at radius 1 is 1.26 bits per heavy atom. The van der Waals surface area contributed by atoms with Crippen LogP contribution in [-0.4, -0.2) is 52.9 Å². The van der Waals surface area contributed by atoms with E-state index in [0.717, 1.165) is 5.56 Å². The van der Waals surface area contributed by atoms with Crippen molar-refractivity contribution in [3.05, 3.63) is 35.9 Å². The van der Waals surface area contributed by atoms with Gasteiger partial charge in [0.25, 0.3) is 0 Å². The number of ether oxygens (including phenoxy) is 2. The minimum Gasteiger partial charge on any atom is -0.480 e. The maximum atomic E-state index is 12.1. The lowest BCUT2D eigenvalue weighted by Gasteiger charge is -2.25. The molecular weight excluding hydrogens is 352 g/mol. The van der Waals surface area contributed by atoms with E-state index in [4.69, 9.17) is 9.47 Å². The van der Waals surface area contributed by atoms with Crippen molar-refractivity contribution in [1.29, 1.82) is 0 Å². The van der Waals surface area contributed by atoms with Gasteiger partial charge in [0.15, 0.2) is 0 Å². The molecule has 2 rings (SSSR count). The lowest BCUT2D eigenvalue weighted by atomic mass is 9.99. The van der Waals surface area contributed by atoms with E-state index in [1.54, 1.807) is 32.9 Å². The van der Waals surface area contributed by atoms with Gasteiger partial charge in [-0.05, 0) is 32.8 Å². The van der Waals surface area contributed by atoms with Crippen LogP contribution in [0.15, 0.2) is 30.3 Å². The van der Waals surface area contributed by atoms with E-state index in [2.05, 4.69) is 5.32 Å². The van der Waals surface area contributed by atoms with E-state index in [9.17, 15) is 19.5 Å². The molecule has 8 nitrogen and oxygen atoms in total. The molecule has 2 N–H and O–H groups in total. The van der Waals surface area contributed by atoms with Crippen LogP contribution in [0.5, 0.6) is 0 Å². The lowest BCUT2D eigenvalue weighted by molar-refractivity contribution is -0.140. The Morgan fingerprint density at radius 2 is 1.93 bits per heavy atom. The Balaban J connectivity index is 1.88. The van der Waals surface area contributed by atoms with E-state index in [-0.39, 0.29) is 13.2 Å². The molecule has 27 heavy (non-hydrogen) atoms. The highest BCUT2D eigenvalue weighted by Crippen LogP contribution is 2.22. The minimum absolute atomic E-state index is 0.0493. The zero-order valence-corrected chi connectivity index (χ0v) is 15.8. The van der Waals surface area contributed by atoms with Crippen LogP contribution in [0.3, 0.4) is 0 Å². The van der Waals surface area contributed by atoms with Gasteiger partial charge in [-0.3, -0.25) is 0 Å². The Bertz CT molecular complexity index is 671. The molecule has 1 fully saturated rings. The summed E-state index contributed by atoms with van der Waals surface area (Å²) in [6, 6.07) is 7.96. The molecule has 1 aromatic carbocycles. The lowest BCUT2D eigenvalue weighted by Crippen LogP contribution is -2.47. The van der Waals surface area contributed by atoms with Crippen LogP contribution in [-0.2, 0) is 20.9 Å². The summed E-state index contributed by atoms with van der Waals surface area (Å²) in [5.74, 6) is -1.58. The number of hydrogen-bond donors (Lipinski definition) is 2. The second-order valence-corrected chi connectivity index (χ2v) is 7.50. The summed E-state index contributed by atoms with van der Waals surface area (Å²) in [6.45, 7) is 5.93. The maximum absolute atomic E-state index is 12.1. The average molecular weight is 378 g/mol. The van der Waals surface area contributed by atoms with Crippen LogP contribution in [0, 0.1) is 5.92 Å². The van der Waals surface area contributed by atoms with E-state index in [1.165, 1.54) is 4.90 Å². The molecule has 0 aromatic heterocycles. The summed E-state index contributed by atoms with van der Waals surface area (Å²) in [5, 5.41) is 11.9. The van der Waals surface area contributed by atoms with Gasteiger partial charge in [0.1, 0.15) is 18.2 Å². The van der Waals surface area contributed by atoms with Gasteiger partial charge in [0, 0.05) is 19.0 Å². The molecule has 1 aliphatic rings. The van der Waals surface area contributed by atoms with Gasteiger partial charge in [-0.2, -0.15) is 0 Å². The summed E-state index contributed by atoms with van der Waals surface area (Å²) in [4.78, 5) is 37.2. The quantitative estimate of drug-likeness (QED) is 0.816. The van der Waals surface area contributed by atoms with Crippen LogP contribution in [0.4, 0.5) is 9.59 Å². The van der Waals surface area contributed by atoms with E-state index in [1.807, 2.05) is 18.2 Å². The predicted octanol–water partition coefficient (Wildman–Crippen LogP) is 2.62. The SMILES string of the molecule is CC(C)(C)OC(=O)N1CCC(C(NC(=O)OCc2ccccc2)C(=O)O)C1. The van der Waals surface area contributed by atoms with E-state index in [0.29, 0.717) is 13.0 Å². The number of likely N-dealkylation sites (tertiary alicyclic amines) is 1. The summed E-state index contributed by atoms with van der Waals surface area (Å²) in [7, 11) is 0. The molecular formula is C19H26N2O6. The minimum atomic E-state index is -1.16. The number of nitrogens with zero attached hydrogens (tertiary/aromatic N) is 1. The molecule has 0 saturated carbocycles. The van der Waals surface area contributed by atoms with E-state index >= 15 is 0 Å². The second-order valence-electron chi connectivity index (χ2n) is 7.50. The fourth-order valence-electron chi connectivity index (χ4n) is 2.82. The molecule has 1 heterocycles. The topological polar surface area (TPSA) is 105 Å². The number of amides is 2. The third-order valence-electron chi connectivity index (χ3n) is 4.10. The second kappa shape index (κ2) is 8.75. The molecule has 0 aliphatic carbocycles. The number of carbonyl (C=O) groups excluding carboxylic acids is 2. The first-order valence-electron chi connectivity index (χ1n) is 8.83. The molecule has 1 aromatic rings. The van der Waals surface area contributed by atoms with Crippen molar-refractivity contribution in [2.45, 2.75) is 45.4 Å². The van der Waals surface area contributed by atoms with Crippen LogP contribution >= 0.6 is 0 Å². The fourth-order valence-corrected chi connectivity index (χ4v) is 2.82. The highest BCUT2D eigenvalue weighted by atomic mass is 16.6. The van der Waals surface area contributed by atoms with Crippen molar-refractivity contribution in [2.24, 2.45) is 5.92 Å². The zero-order valence-electron chi connectivity index (χ0n) is 15.8. The van der Waals surface area contributed by atoms with Crippen LogP contribution < -0.4 is 5.32 Å². The van der Waals surface area contributed by atoms with Crippen molar-refractivity contribution < 1.29 is 29.0 Å². The van der Waals surface area contributed by atoms with Crippen LogP contribution in [0.2, 0.25) is 0 Å². The Morgan fingerprint density at radius 3 is 2.52 bits per heavy atom. The number of carboxylic acids is 1. The molecule has 2 atom stereocenters. The molecule has 8 heteroatoms. The fraction of sp³-hybridized carbons (Fsp3) is 0.526. The number of carbonyl (C=O) groups is 3. The third kappa shape index (κ3) is 6.47. The predicted molar refractivity (Wildman–Crippen MR) is 97.1 cm³/mol. The number of benzene rings is 1. The first-order valence-corrected chi connectivity index (χ1v) is 8.83. The monoisotopic (exact) mass is 378 g/mol. The molecule has 0 spiro atoms. The van der Waals surface area contributed by atoms with Gasteiger partial charge in [-0.15, -0.1) is 0 Å². The van der Waals surface area contributed by atoms with Crippen molar-refractivity contribution in [2.75, 3.05) is 13.1 Å². The van der Waals surface area contributed by atoms with Gasteiger partial charge < -0.3 is 24.8 Å². The first kappa shape index (κ1) is 20.5. The van der Waals surface area contributed by atoms with Crippen LogP contribution in [0.25, 0.3) is 0 Å². The van der Waals surface area contributed by atoms with Gasteiger partial charge in [-0.25, -0.2) is 14.4 Å².